The number of hydrogen-bond donors (Lipinski definition) is 1. The third-order valence-corrected chi connectivity index (χ3v) is 2.37. The number of rotatable bonds is 2. The molecule has 1 atom stereocenters. The molecule has 1 heterocycles. The van der Waals surface area contributed by atoms with Gasteiger partial charge in [0.1, 0.15) is 0 Å². The Balaban J connectivity index is 2.39. The van der Waals surface area contributed by atoms with Crippen LogP contribution in [0.3, 0.4) is 0 Å². The summed E-state index contributed by atoms with van der Waals surface area (Å²) in [5.41, 5.74) is 5.19. The van der Waals surface area contributed by atoms with Crippen molar-refractivity contribution in [1.29, 1.82) is 0 Å². The average molecular weight is 170 g/mol. The molecule has 0 aromatic carbocycles. The number of piperazine rings is 1. The van der Waals surface area contributed by atoms with Gasteiger partial charge in [0.05, 0.1) is 6.04 Å². The average Bonchev–Trinajstić information content (AvgIpc) is 2.04. The van der Waals surface area contributed by atoms with Crippen molar-refractivity contribution >= 4 is 5.91 Å². The fraction of sp³-hybridized carbons (Fsp3) is 0.750. The molecule has 1 rings (SSSR count). The Morgan fingerprint density at radius 3 is 2.33 bits per heavy atom. The third-order valence-electron chi connectivity index (χ3n) is 2.37. The van der Waals surface area contributed by atoms with Crippen LogP contribution in [0.15, 0.2) is 0 Å². The van der Waals surface area contributed by atoms with Gasteiger partial charge in [0.15, 0.2) is 0 Å². The molecule has 1 fully saturated rings. The molecule has 1 radical (unpaired) electrons. The molecule has 0 saturated carbocycles. The van der Waals surface area contributed by atoms with Crippen molar-refractivity contribution in [3.05, 3.63) is 7.05 Å². The summed E-state index contributed by atoms with van der Waals surface area (Å²) in [6.45, 7) is 5.44. The Hall–Kier alpha value is -0.610. The van der Waals surface area contributed by atoms with E-state index < -0.39 is 0 Å². The van der Waals surface area contributed by atoms with Crippen LogP contribution < -0.4 is 5.73 Å². The van der Waals surface area contributed by atoms with Crippen molar-refractivity contribution in [3.63, 3.8) is 0 Å². The largest absolute Gasteiger partial charge is 0.368 e. The molecule has 1 unspecified atom stereocenters. The van der Waals surface area contributed by atoms with E-state index in [2.05, 4.69) is 11.9 Å². The lowest BCUT2D eigenvalue weighted by atomic mass is 10.2. The van der Waals surface area contributed by atoms with Crippen LogP contribution >= 0.6 is 0 Å². The molecule has 0 aromatic heterocycles. The van der Waals surface area contributed by atoms with E-state index in [4.69, 9.17) is 5.73 Å². The minimum Gasteiger partial charge on any atom is -0.368 e. The van der Waals surface area contributed by atoms with Crippen molar-refractivity contribution in [2.75, 3.05) is 26.2 Å². The number of carbonyl (C=O) groups excluding carboxylic acids is 1. The Morgan fingerprint density at radius 2 is 1.92 bits per heavy atom. The Labute approximate surface area is 73.3 Å². The van der Waals surface area contributed by atoms with Gasteiger partial charge in [-0.05, 0) is 6.92 Å². The highest BCUT2D eigenvalue weighted by Crippen LogP contribution is 2.04. The molecular formula is C8H16N3O. The number of amides is 1. The van der Waals surface area contributed by atoms with Gasteiger partial charge >= 0.3 is 0 Å². The fourth-order valence-corrected chi connectivity index (χ4v) is 1.33. The van der Waals surface area contributed by atoms with E-state index in [0.29, 0.717) is 0 Å². The molecule has 1 saturated heterocycles. The minimum absolute atomic E-state index is 0.140. The van der Waals surface area contributed by atoms with Crippen LogP contribution in [-0.4, -0.2) is 47.9 Å². The summed E-state index contributed by atoms with van der Waals surface area (Å²) in [7, 11) is 3.83. The first kappa shape index (κ1) is 9.48. The summed E-state index contributed by atoms with van der Waals surface area (Å²) in [6.07, 6.45) is 0. The highest BCUT2D eigenvalue weighted by atomic mass is 16.1. The van der Waals surface area contributed by atoms with E-state index >= 15 is 0 Å². The van der Waals surface area contributed by atoms with Crippen molar-refractivity contribution in [2.24, 2.45) is 5.73 Å². The van der Waals surface area contributed by atoms with E-state index in [0.717, 1.165) is 26.2 Å². The number of nitrogens with two attached hydrogens (primary N) is 1. The first-order chi connectivity index (χ1) is 5.61. The predicted octanol–water partition coefficient (Wildman–Crippen LogP) is -0.731. The maximum atomic E-state index is 10.8. The van der Waals surface area contributed by atoms with E-state index in [1.807, 2.05) is 11.8 Å². The topological polar surface area (TPSA) is 49.6 Å². The van der Waals surface area contributed by atoms with Crippen LogP contribution in [0.4, 0.5) is 0 Å². The van der Waals surface area contributed by atoms with Crippen LogP contribution in [0.25, 0.3) is 0 Å². The van der Waals surface area contributed by atoms with Crippen LogP contribution in [0.5, 0.6) is 0 Å². The van der Waals surface area contributed by atoms with E-state index in [1.165, 1.54) is 0 Å². The third kappa shape index (κ3) is 2.19. The standard InChI is InChI=1S/C8H16N3O/c1-7(8(9)12)11-5-3-10(2)4-6-11/h7H,2-6H2,1H3,(H2,9,12). The maximum Gasteiger partial charge on any atom is 0.234 e. The van der Waals surface area contributed by atoms with Crippen molar-refractivity contribution in [3.8, 4) is 0 Å². The molecule has 0 bridgehead atoms. The van der Waals surface area contributed by atoms with Gasteiger partial charge in [0.2, 0.25) is 5.91 Å². The second-order valence-electron chi connectivity index (χ2n) is 3.23. The zero-order chi connectivity index (χ0) is 9.14. The smallest absolute Gasteiger partial charge is 0.234 e. The summed E-state index contributed by atoms with van der Waals surface area (Å²) >= 11 is 0. The van der Waals surface area contributed by atoms with Crippen LogP contribution in [-0.2, 0) is 4.79 Å². The first-order valence-electron chi connectivity index (χ1n) is 4.20. The zero-order valence-corrected chi connectivity index (χ0v) is 7.49. The number of hydrogen-bond acceptors (Lipinski definition) is 3. The molecule has 0 aliphatic carbocycles. The molecule has 0 spiro atoms. The van der Waals surface area contributed by atoms with Gasteiger partial charge in [-0.2, -0.15) is 0 Å². The molecular weight excluding hydrogens is 154 g/mol. The van der Waals surface area contributed by atoms with E-state index in [-0.39, 0.29) is 11.9 Å². The maximum absolute atomic E-state index is 10.8. The van der Waals surface area contributed by atoms with Crippen LogP contribution in [0.2, 0.25) is 0 Å². The predicted molar refractivity (Wildman–Crippen MR) is 47.2 cm³/mol. The Morgan fingerprint density at radius 1 is 1.42 bits per heavy atom. The normalized spacial score (nSPS) is 23.8. The monoisotopic (exact) mass is 170 g/mol. The number of nitrogens with zero attached hydrogens (tertiary/aromatic N) is 2. The van der Waals surface area contributed by atoms with Crippen LogP contribution in [0, 0.1) is 7.05 Å². The lowest BCUT2D eigenvalue weighted by molar-refractivity contribution is -0.123. The number of carbonyl (C=O) groups is 1. The zero-order valence-electron chi connectivity index (χ0n) is 7.49. The van der Waals surface area contributed by atoms with Crippen molar-refractivity contribution in [2.45, 2.75) is 13.0 Å². The molecule has 2 N–H and O–H groups in total. The Bertz CT molecular complexity index is 164. The lowest BCUT2D eigenvalue weighted by Gasteiger charge is -2.34. The molecule has 0 aromatic rings. The SMILES string of the molecule is [CH2]N1CCN(C(C)C(N)=O)CC1. The summed E-state index contributed by atoms with van der Waals surface area (Å²) in [4.78, 5) is 14.9. The van der Waals surface area contributed by atoms with Crippen molar-refractivity contribution < 1.29 is 4.79 Å². The summed E-state index contributed by atoms with van der Waals surface area (Å²) in [5.74, 6) is -0.243. The molecule has 12 heavy (non-hydrogen) atoms. The van der Waals surface area contributed by atoms with Crippen molar-refractivity contribution in [1.82, 2.24) is 9.80 Å². The molecule has 1 aliphatic rings. The highest BCUT2D eigenvalue weighted by molar-refractivity contribution is 5.79. The lowest BCUT2D eigenvalue weighted by Crippen LogP contribution is -2.51. The Kier molecular flexibility index (Phi) is 3.05. The molecule has 1 amide bonds. The summed E-state index contributed by atoms with van der Waals surface area (Å²) in [6, 6.07) is -0.140. The minimum atomic E-state index is -0.243. The second kappa shape index (κ2) is 3.87. The quantitative estimate of drug-likeness (QED) is 0.594. The summed E-state index contributed by atoms with van der Waals surface area (Å²) < 4.78 is 0. The second-order valence-corrected chi connectivity index (χ2v) is 3.23. The highest BCUT2D eigenvalue weighted by Gasteiger charge is 2.22. The summed E-state index contributed by atoms with van der Waals surface area (Å²) in [5, 5.41) is 0. The van der Waals surface area contributed by atoms with Gasteiger partial charge < -0.3 is 5.73 Å². The molecule has 4 nitrogen and oxygen atoms in total. The van der Waals surface area contributed by atoms with E-state index in [9.17, 15) is 4.79 Å². The van der Waals surface area contributed by atoms with Gasteiger partial charge in [-0.25, -0.2) is 0 Å². The van der Waals surface area contributed by atoms with Gasteiger partial charge in [0.25, 0.3) is 0 Å². The first-order valence-corrected chi connectivity index (χ1v) is 4.20. The molecule has 4 heteroatoms. The molecule has 1 aliphatic heterocycles. The van der Waals surface area contributed by atoms with Crippen LogP contribution in [0.1, 0.15) is 6.92 Å². The van der Waals surface area contributed by atoms with Gasteiger partial charge in [-0.3, -0.25) is 14.6 Å². The number of primary amides is 1. The van der Waals surface area contributed by atoms with E-state index in [1.54, 1.807) is 0 Å². The fourth-order valence-electron chi connectivity index (χ4n) is 1.33. The van der Waals surface area contributed by atoms with Gasteiger partial charge in [-0.1, -0.05) is 0 Å². The van der Waals surface area contributed by atoms with Gasteiger partial charge in [-0.15, -0.1) is 0 Å². The molecule has 69 valence electrons. The van der Waals surface area contributed by atoms with Gasteiger partial charge in [0, 0.05) is 33.2 Å².